The molecule has 1 aromatic carbocycles. The number of carbonyl (C=O) groups is 1. The van der Waals surface area contributed by atoms with Gasteiger partial charge >= 0.3 is 6.09 Å². The molecule has 1 saturated heterocycles. The highest BCUT2D eigenvalue weighted by atomic mass is 32.2. The van der Waals surface area contributed by atoms with Gasteiger partial charge in [-0.25, -0.2) is 27.6 Å². The number of pyridine rings is 1. The van der Waals surface area contributed by atoms with Gasteiger partial charge in [-0.2, -0.15) is 0 Å². The van der Waals surface area contributed by atoms with Gasteiger partial charge in [0.1, 0.15) is 16.9 Å². The number of thiazole rings is 1. The Balaban J connectivity index is 1.42. The summed E-state index contributed by atoms with van der Waals surface area (Å²) in [6.45, 7) is 0.307. The number of rotatable bonds is 7. The molecular weight excluding hydrogens is 507 g/mol. The predicted molar refractivity (Wildman–Crippen MR) is 133 cm³/mol. The Kier molecular flexibility index (Phi) is 6.91. The van der Waals surface area contributed by atoms with Crippen molar-refractivity contribution in [2.24, 2.45) is 0 Å². The lowest BCUT2D eigenvalue weighted by Gasteiger charge is -2.27. The van der Waals surface area contributed by atoms with Crippen molar-refractivity contribution in [3.63, 3.8) is 0 Å². The second-order valence-electron chi connectivity index (χ2n) is 8.96. The highest BCUT2D eigenvalue weighted by molar-refractivity contribution is 7.92. The molecule has 1 aliphatic carbocycles. The van der Waals surface area contributed by atoms with Gasteiger partial charge in [0, 0.05) is 29.4 Å². The summed E-state index contributed by atoms with van der Waals surface area (Å²) < 4.78 is 45.3. The quantitative estimate of drug-likeness (QED) is 0.404. The predicted octanol–water partition coefficient (Wildman–Crippen LogP) is 4.55. The third-order valence-corrected chi connectivity index (χ3v) is 9.82. The molecule has 3 N–H and O–H groups in total. The van der Waals surface area contributed by atoms with Crippen LogP contribution in [0.15, 0.2) is 47.6 Å². The summed E-state index contributed by atoms with van der Waals surface area (Å²) in [5, 5.41) is 14.8. The van der Waals surface area contributed by atoms with Crippen LogP contribution in [0.2, 0.25) is 0 Å². The van der Waals surface area contributed by atoms with Gasteiger partial charge in [-0.3, -0.25) is 0 Å². The SMILES string of the molecule is O=C(O)NC1CCC(c2ncc(-c3ccc(Nc4ccc(F)cn4)cc3S(=O)(=O)C3COC3)s2)CC1. The van der Waals surface area contributed by atoms with Crippen LogP contribution < -0.4 is 10.6 Å². The first-order valence-corrected chi connectivity index (χ1v) is 14.0. The Morgan fingerprint density at radius 2 is 1.86 bits per heavy atom. The van der Waals surface area contributed by atoms with E-state index >= 15 is 0 Å². The maximum Gasteiger partial charge on any atom is 0.404 e. The number of hydrogen-bond donors (Lipinski definition) is 3. The average Bonchev–Trinajstić information content (AvgIpc) is 3.29. The number of aromatic nitrogens is 2. The van der Waals surface area contributed by atoms with Crippen molar-refractivity contribution in [1.29, 1.82) is 0 Å². The van der Waals surface area contributed by atoms with Crippen LogP contribution in [0.3, 0.4) is 0 Å². The third-order valence-electron chi connectivity index (χ3n) is 6.53. The van der Waals surface area contributed by atoms with Gasteiger partial charge < -0.3 is 20.5 Å². The summed E-state index contributed by atoms with van der Waals surface area (Å²) in [6, 6.07) is 7.80. The number of hydrogen-bond acceptors (Lipinski definition) is 8. The smallest absolute Gasteiger partial charge is 0.404 e. The van der Waals surface area contributed by atoms with Gasteiger partial charge in [-0.15, -0.1) is 11.3 Å². The third kappa shape index (κ3) is 5.20. The molecule has 2 fully saturated rings. The monoisotopic (exact) mass is 532 g/mol. The number of anilines is 2. The molecule has 12 heteroatoms. The highest BCUT2D eigenvalue weighted by Gasteiger charge is 2.36. The maximum absolute atomic E-state index is 13.4. The van der Waals surface area contributed by atoms with Crippen molar-refractivity contribution in [1.82, 2.24) is 15.3 Å². The number of carboxylic acid groups (broad SMARTS) is 1. The summed E-state index contributed by atoms with van der Waals surface area (Å²) in [6.07, 6.45) is 4.90. The molecule has 0 spiro atoms. The largest absolute Gasteiger partial charge is 0.465 e. The minimum Gasteiger partial charge on any atom is -0.465 e. The summed E-state index contributed by atoms with van der Waals surface area (Å²) >= 11 is 1.47. The van der Waals surface area contributed by atoms with Crippen molar-refractivity contribution >= 4 is 38.8 Å². The van der Waals surface area contributed by atoms with Crippen LogP contribution in [0.25, 0.3) is 10.4 Å². The van der Waals surface area contributed by atoms with Gasteiger partial charge in [0.25, 0.3) is 0 Å². The van der Waals surface area contributed by atoms with E-state index in [1.165, 1.54) is 23.5 Å². The number of ether oxygens (including phenoxy) is 1. The van der Waals surface area contributed by atoms with E-state index in [2.05, 4.69) is 20.6 Å². The lowest BCUT2D eigenvalue weighted by molar-refractivity contribution is 0.0416. The molecular formula is C24H25FN4O5S2. The van der Waals surface area contributed by atoms with E-state index in [1.807, 2.05) is 0 Å². The van der Waals surface area contributed by atoms with Gasteiger partial charge in [0.05, 0.1) is 34.2 Å². The van der Waals surface area contributed by atoms with Crippen LogP contribution in [0.1, 0.15) is 36.6 Å². The standard InChI is InChI=1S/C24H25FN4O5S2/c25-15-3-8-22(26-10-15)28-17-6-7-19(21(9-17)36(32,33)18-12-34-13-18)20-11-27-23(35-20)14-1-4-16(5-2-14)29-24(30)31/h3,6-11,14,16,18,29H,1-2,4-5,12-13H2,(H,26,28)(H,30,31). The second kappa shape index (κ2) is 10.1. The number of amides is 1. The molecule has 2 aromatic heterocycles. The normalized spacial score (nSPS) is 20.5. The number of halogens is 1. The summed E-state index contributed by atoms with van der Waals surface area (Å²) in [4.78, 5) is 20.4. The fourth-order valence-corrected chi connectivity index (χ4v) is 7.35. The molecule has 0 radical (unpaired) electrons. The topological polar surface area (TPSA) is 131 Å². The van der Waals surface area contributed by atoms with Crippen LogP contribution in [-0.2, 0) is 14.6 Å². The molecule has 0 atom stereocenters. The van der Waals surface area contributed by atoms with E-state index < -0.39 is 27.0 Å². The Labute approximate surface area is 211 Å². The lowest BCUT2D eigenvalue weighted by Crippen LogP contribution is -2.40. The zero-order valence-corrected chi connectivity index (χ0v) is 20.8. The maximum atomic E-state index is 13.4. The van der Waals surface area contributed by atoms with E-state index in [0.29, 0.717) is 17.1 Å². The first-order valence-electron chi connectivity index (χ1n) is 11.6. The first-order chi connectivity index (χ1) is 17.3. The van der Waals surface area contributed by atoms with Crippen LogP contribution in [0, 0.1) is 5.82 Å². The van der Waals surface area contributed by atoms with Crippen molar-refractivity contribution in [2.75, 3.05) is 18.5 Å². The highest BCUT2D eigenvalue weighted by Crippen LogP contribution is 2.41. The van der Waals surface area contributed by atoms with E-state index in [-0.39, 0.29) is 30.1 Å². The van der Waals surface area contributed by atoms with Crippen LogP contribution >= 0.6 is 11.3 Å². The zero-order chi connectivity index (χ0) is 25.3. The molecule has 1 amide bonds. The van der Waals surface area contributed by atoms with E-state index in [0.717, 1.165) is 41.8 Å². The van der Waals surface area contributed by atoms with Gasteiger partial charge in [0.2, 0.25) is 0 Å². The van der Waals surface area contributed by atoms with Crippen molar-refractivity contribution in [3.8, 4) is 10.4 Å². The molecule has 1 aliphatic heterocycles. The van der Waals surface area contributed by atoms with Crippen LogP contribution in [0.5, 0.6) is 0 Å². The number of sulfone groups is 1. The van der Waals surface area contributed by atoms with Gasteiger partial charge in [0.15, 0.2) is 9.84 Å². The van der Waals surface area contributed by atoms with Gasteiger partial charge in [-0.1, -0.05) is 6.07 Å². The average molecular weight is 533 g/mol. The molecule has 190 valence electrons. The van der Waals surface area contributed by atoms with E-state index in [9.17, 15) is 17.6 Å². The number of nitrogens with zero attached hydrogens (tertiary/aromatic N) is 2. The molecule has 36 heavy (non-hydrogen) atoms. The summed E-state index contributed by atoms with van der Waals surface area (Å²) in [7, 11) is -3.67. The zero-order valence-electron chi connectivity index (χ0n) is 19.2. The first kappa shape index (κ1) is 24.6. The minimum atomic E-state index is -3.67. The Morgan fingerprint density at radius 1 is 1.08 bits per heavy atom. The van der Waals surface area contributed by atoms with Crippen LogP contribution in [0.4, 0.5) is 20.7 Å². The molecule has 3 aromatic rings. The minimum absolute atomic E-state index is 0.0461. The number of benzene rings is 1. The fourth-order valence-electron chi connectivity index (χ4n) is 4.47. The molecule has 0 unspecified atom stereocenters. The molecule has 5 rings (SSSR count). The Bertz CT molecular complexity index is 1350. The molecule has 0 bridgehead atoms. The molecule has 3 heterocycles. The Morgan fingerprint density at radius 3 is 2.50 bits per heavy atom. The lowest BCUT2D eigenvalue weighted by atomic mass is 9.86. The summed E-state index contributed by atoms with van der Waals surface area (Å²) in [5.41, 5.74) is 1.09. The second-order valence-corrected chi connectivity index (χ2v) is 12.2. The summed E-state index contributed by atoms with van der Waals surface area (Å²) in [5.74, 6) is 0.144. The molecule has 1 saturated carbocycles. The van der Waals surface area contributed by atoms with Crippen LogP contribution in [-0.4, -0.2) is 54.1 Å². The molecule has 9 nitrogen and oxygen atoms in total. The Hall–Kier alpha value is -3.09. The van der Waals surface area contributed by atoms with Crippen molar-refractivity contribution in [3.05, 3.63) is 53.6 Å². The molecule has 2 aliphatic rings. The van der Waals surface area contributed by atoms with Gasteiger partial charge in [-0.05, 0) is 49.9 Å². The van der Waals surface area contributed by atoms with E-state index in [4.69, 9.17) is 9.84 Å². The fraction of sp³-hybridized carbons (Fsp3) is 0.375. The van der Waals surface area contributed by atoms with E-state index in [1.54, 1.807) is 24.4 Å². The number of nitrogens with one attached hydrogen (secondary N) is 2. The van der Waals surface area contributed by atoms with Crippen molar-refractivity contribution in [2.45, 2.75) is 47.8 Å². The van der Waals surface area contributed by atoms with Crippen molar-refractivity contribution < 1.29 is 27.4 Å².